The summed E-state index contributed by atoms with van der Waals surface area (Å²) in [6, 6.07) is 0.434. The molecule has 18 heavy (non-hydrogen) atoms. The molecule has 2 rings (SSSR count). The third-order valence-electron chi connectivity index (χ3n) is 3.17. The van der Waals surface area contributed by atoms with Gasteiger partial charge < -0.3 is 5.11 Å². The average molecular weight is 270 g/mol. The van der Waals surface area contributed by atoms with Crippen molar-refractivity contribution >= 4 is 17.7 Å². The minimum atomic E-state index is -0.755. The van der Waals surface area contributed by atoms with Crippen molar-refractivity contribution in [2.45, 2.75) is 50.3 Å². The summed E-state index contributed by atoms with van der Waals surface area (Å²) in [7, 11) is 0. The Morgan fingerprint density at radius 1 is 1.39 bits per heavy atom. The molecular weight excluding hydrogens is 252 g/mol. The lowest BCUT2D eigenvalue weighted by Crippen LogP contribution is -2.16. The molecule has 0 atom stereocenters. The summed E-state index contributed by atoms with van der Waals surface area (Å²) in [5.74, 6) is 1.41. The third kappa shape index (κ3) is 3.69. The van der Waals surface area contributed by atoms with Crippen molar-refractivity contribution in [3.8, 4) is 0 Å². The number of hydrogen-bond acceptors (Lipinski definition) is 5. The molecule has 0 unspecified atom stereocenters. The van der Waals surface area contributed by atoms with E-state index >= 15 is 0 Å². The van der Waals surface area contributed by atoms with Crippen LogP contribution >= 0.6 is 11.8 Å². The molecule has 1 aromatic heterocycles. The SMILES string of the molecule is O=C(O)CCSCc1nnnn1C1CCCCC1. The summed E-state index contributed by atoms with van der Waals surface area (Å²) in [4.78, 5) is 10.4. The van der Waals surface area contributed by atoms with E-state index in [4.69, 9.17) is 5.11 Å². The lowest BCUT2D eigenvalue weighted by atomic mass is 9.96. The highest BCUT2D eigenvalue weighted by molar-refractivity contribution is 7.98. The minimum absolute atomic E-state index is 0.190. The lowest BCUT2D eigenvalue weighted by Gasteiger charge is -2.22. The number of tetrazole rings is 1. The fourth-order valence-electron chi connectivity index (χ4n) is 2.24. The van der Waals surface area contributed by atoms with Crippen LogP contribution in [0.4, 0.5) is 0 Å². The molecule has 7 heteroatoms. The van der Waals surface area contributed by atoms with Gasteiger partial charge in [-0.15, -0.1) is 5.10 Å². The fourth-order valence-corrected chi connectivity index (χ4v) is 3.08. The molecule has 0 spiro atoms. The van der Waals surface area contributed by atoms with E-state index in [1.165, 1.54) is 19.3 Å². The van der Waals surface area contributed by atoms with Gasteiger partial charge in [0.1, 0.15) is 0 Å². The Hall–Kier alpha value is -1.11. The van der Waals surface area contributed by atoms with Crippen LogP contribution in [0.5, 0.6) is 0 Å². The fraction of sp³-hybridized carbons (Fsp3) is 0.818. The van der Waals surface area contributed by atoms with E-state index in [2.05, 4.69) is 15.5 Å². The van der Waals surface area contributed by atoms with Gasteiger partial charge in [0.05, 0.1) is 18.2 Å². The molecule has 1 aromatic rings. The third-order valence-corrected chi connectivity index (χ3v) is 4.13. The van der Waals surface area contributed by atoms with Crippen molar-refractivity contribution < 1.29 is 9.90 Å². The second-order valence-corrected chi connectivity index (χ2v) is 5.63. The van der Waals surface area contributed by atoms with Gasteiger partial charge in [0.2, 0.25) is 0 Å². The topological polar surface area (TPSA) is 80.9 Å². The van der Waals surface area contributed by atoms with Gasteiger partial charge in [-0.25, -0.2) is 4.68 Å². The molecule has 1 aliphatic rings. The van der Waals surface area contributed by atoms with Gasteiger partial charge in [0.25, 0.3) is 0 Å². The largest absolute Gasteiger partial charge is 0.481 e. The number of nitrogens with zero attached hydrogens (tertiary/aromatic N) is 4. The highest BCUT2D eigenvalue weighted by Gasteiger charge is 2.19. The van der Waals surface area contributed by atoms with Gasteiger partial charge in [-0.05, 0) is 23.3 Å². The van der Waals surface area contributed by atoms with Crippen molar-refractivity contribution in [1.82, 2.24) is 20.2 Å². The molecule has 0 saturated heterocycles. The van der Waals surface area contributed by atoms with Gasteiger partial charge in [-0.2, -0.15) is 11.8 Å². The van der Waals surface area contributed by atoms with E-state index in [9.17, 15) is 4.79 Å². The second-order valence-electron chi connectivity index (χ2n) is 4.53. The van der Waals surface area contributed by atoms with Crippen LogP contribution < -0.4 is 0 Å². The quantitative estimate of drug-likeness (QED) is 0.795. The molecule has 0 aromatic carbocycles. The second kappa shape index (κ2) is 6.72. The molecule has 0 amide bonds. The first-order valence-corrected chi connectivity index (χ1v) is 7.49. The van der Waals surface area contributed by atoms with E-state index in [-0.39, 0.29) is 6.42 Å². The van der Waals surface area contributed by atoms with Crippen LogP contribution in [-0.2, 0) is 10.5 Å². The van der Waals surface area contributed by atoms with Crippen molar-refractivity contribution in [2.24, 2.45) is 0 Å². The molecule has 1 saturated carbocycles. The number of aliphatic carboxylic acids is 1. The Morgan fingerprint density at radius 2 is 2.17 bits per heavy atom. The first-order valence-electron chi connectivity index (χ1n) is 6.33. The Labute approximate surface area is 110 Å². The van der Waals surface area contributed by atoms with Crippen molar-refractivity contribution in [3.05, 3.63) is 5.82 Å². The number of aromatic nitrogens is 4. The zero-order valence-corrected chi connectivity index (χ0v) is 11.1. The molecule has 6 nitrogen and oxygen atoms in total. The maximum absolute atomic E-state index is 10.4. The molecule has 1 fully saturated rings. The standard InChI is InChI=1S/C11H18N4O2S/c16-11(17)6-7-18-8-10-12-13-14-15(10)9-4-2-1-3-5-9/h9H,1-8H2,(H,16,17). The summed E-state index contributed by atoms with van der Waals surface area (Å²) in [5.41, 5.74) is 0. The highest BCUT2D eigenvalue weighted by Crippen LogP contribution is 2.28. The van der Waals surface area contributed by atoms with Crippen LogP contribution in [0.2, 0.25) is 0 Å². The van der Waals surface area contributed by atoms with Crippen LogP contribution in [0.3, 0.4) is 0 Å². The van der Waals surface area contributed by atoms with Gasteiger partial charge in [0.15, 0.2) is 5.82 Å². The summed E-state index contributed by atoms with van der Waals surface area (Å²) in [6.07, 6.45) is 6.29. The number of rotatable bonds is 6. The normalized spacial score (nSPS) is 16.9. The van der Waals surface area contributed by atoms with E-state index in [0.29, 0.717) is 17.5 Å². The van der Waals surface area contributed by atoms with E-state index in [0.717, 1.165) is 18.7 Å². The van der Waals surface area contributed by atoms with Crippen LogP contribution in [0, 0.1) is 0 Å². The minimum Gasteiger partial charge on any atom is -0.481 e. The number of carbonyl (C=O) groups is 1. The van der Waals surface area contributed by atoms with Crippen molar-refractivity contribution in [3.63, 3.8) is 0 Å². The molecule has 0 aliphatic heterocycles. The van der Waals surface area contributed by atoms with Crippen LogP contribution in [-0.4, -0.2) is 37.0 Å². The lowest BCUT2D eigenvalue weighted by molar-refractivity contribution is -0.136. The number of carboxylic acids is 1. The molecule has 100 valence electrons. The average Bonchev–Trinajstić information content (AvgIpc) is 2.84. The Kier molecular flexibility index (Phi) is 4.98. The molecule has 1 heterocycles. The van der Waals surface area contributed by atoms with Crippen molar-refractivity contribution in [2.75, 3.05) is 5.75 Å². The monoisotopic (exact) mass is 270 g/mol. The van der Waals surface area contributed by atoms with E-state index in [1.54, 1.807) is 11.8 Å². The molecule has 0 bridgehead atoms. The van der Waals surface area contributed by atoms with E-state index < -0.39 is 5.97 Å². The first kappa shape index (κ1) is 13.3. The molecular formula is C11H18N4O2S. The Bertz CT molecular complexity index is 390. The van der Waals surface area contributed by atoms with E-state index in [1.807, 2.05) is 4.68 Å². The van der Waals surface area contributed by atoms with Crippen LogP contribution in [0.25, 0.3) is 0 Å². The van der Waals surface area contributed by atoms with Crippen LogP contribution in [0.15, 0.2) is 0 Å². The predicted octanol–water partition coefficient (Wildman–Crippen LogP) is 1.89. The van der Waals surface area contributed by atoms with Gasteiger partial charge in [-0.1, -0.05) is 19.3 Å². The number of carboxylic acid groups (broad SMARTS) is 1. The summed E-state index contributed by atoms with van der Waals surface area (Å²) < 4.78 is 1.94. The molecule has 0 radical (unpaired) electrons. The van der Waals surface area contributed by atoms with Gasteiger partial charge in [-0.3, -0.25) is 4.79 Å². The summed E-state index contributed by atoms with van der Waals surface area (Å²) >= 11 is 1.57. The maximum Gasteiger partial charge on any atom is 0.304 e. The van der Waals surface area contributed by atoms with Crippen molar-refractivity contribution in [1.29, 1.82) is 0 Å². The van der Waals surface area contributed by atoms with Crippen LogP contribution in [0.1, 0.15) is 50.4 Å². The zero-order valence-electron chi connectivity index (χ0n) is 10.3. The number of thioether (sulfide) groups is 1. The smallest absolute Gasteiger partial charge is 0.304 e. The molecule has 1 aliphatic carbocycles. The van der Waals surface area contributed by atoms with Gasteiger partial charge >= 0.3 is 5.97 Å². The summed E-state index contributed by atoms with van der Waals surface area (Å²) in [6.45, 7) is 0. The number of hydrogen-bond donors (Lipinski definition) is 1. The Balaban J connectivity index is 1.85. The maximum atomic E-state index is 10.4. The van der Waals surface area contributed by atoms with Gasteiger partial charge in [0, 0.05) is 5.75 Å². The summed E-state index contributed by atoms with van der Waals surface area (Å²) in [5, 5.41) is 20.4. The first-order chi connectivity index (χ1) is 8.77. The molecule has 1 N–H and O–H groups in total. The highest BCUT2D eigenvalue weighted by atomic mass is 32.2. The zero-order chi connectivity index (χ0) is 12.8. The predicted molar refractivity (Wildman–Crippen MR) is 68.4 cm³/mol. The Morgan fingerprint density at radius 3 is 2.89 bits per heavy atom.